The minimum atomic E-state index is -0.911. The van der Waals surface area contributed by atoms with Crippen LogP contribution in [-0.4, -0.2) is 17.0 Å². The lowest BCUT2D eigenvalue weighted by molar-refractivity contribution is -0.140. The van der Waals surface area contributed by atoms with E-state index in [-0.39, 0.29) is 11.9 Å². The van der Waals surface area contributed by atoms with Crippen molar-refractivity contribution in [3.05, 3.63) is 35.4 Å². The van der Waals surface area contributed by atoms with Crippen LogP contribution < -0.4 is 5.32 Å². The normalized spacial score (nSPS) is 22.1. The van der Waals surface area contributed by atoms with Crippen LogP contribution in [0.5, 0.6) is 0 Å². The first-order chi connectivity index (χ1) is 9.02. The molecule has 5 heteroatoms. The lowest BCUT2D eigenvalue weighted by Gasteiger charge is -2.14. The molecule has 2 rings (SSSR count). The van der Waals surface area contributed by atoms with E-state index in [2.05, 4.69) is 5.32 Å². The van der Waals surface area contributed by atoms with Gasteiger partial charge in [0.05, 0.1) is 29.5 Å². The molecule has 1 aromatic rings. The van der Waals surface area contributed by atoms with Crippen LogP contribution in [0.3, 0.4) is 0 Å². The fourth-order valence-electron chi connectivity index (χ4n) is 2.01. The molecule has 19 heavy (non-hydrogen) atoms. The van der Waals surface area contributed by atoms with Crippen molar-refractivity contribution in [3.8, 4) is 6.07 Å². The highest BCUT2D eigenvalue weighted by Gasteiger charge is 2.48. The van der Waals surface area contributed by atoms with Crippen molar-refractivity contribution in [1.29, 1.82) is 5.26 Å². The number of nitrogens with one attached hydrogen (secondary N) is 1. The molecule has 0 heterocycles. The summed E-state index contributed by atoms with van der Waals surface area (Å²) in [6.07, 6.45) is 0.418. The second-order valence-corrected chi connectivity index (χ2v) is 4.75. The molecule has 0 aromatic heterocycles. The lowest BCUT2D eigenvalue weighted by atomic mass is 10.1. The average Bonchev–Trinajstić information content (AvgIpc) is 3.19. The second-order valence-electron chi connectivity index (χ2n) is 4.75. The minimum Gasteiger partial charge on any atom is -0.481 e. The maximum absolute atomic E-state index is 11.8. The van der Waals surface area contributed by atoms with Gasteiger partial charge in [-0.05, 0) is 31.0 Å². The number of carboxylic acids is 1. The molecule has 3 atom stereocenters. The molecule has 1 unspecified atom stereocenters. The number of rotatable bonds is 4. The zero-order valence-corrected chi connectivity index (χ0v) is 10.5. The number of benzene rings is 1. The van der Waals surface area contributed by atoms with E-state index in [9.17, 15) is 9.59 Å². The summed E-state index contributed by atoms with van der Waals surface area (Å²) in [6.45, 7) is 1.83. The van der Waals surface area contributed by atoms with Crippen molar-refractivity contribution in [2.75, 3.05) is 0 Å². The summed E-state index contributed by atoms with van der Waals surface area (Å²) in [6, 6.07) is 8.77. The Hall–Kier alpha value is -2.35. The average molecular weight is 258 g/mol. The van der Waals surface area contributed by atoms with Gasteiger partial charge in [0.15, 0.2) is 0 Å². The number of carboxylic acid groups (broad SMARTS) is 1. The standard InChI is InChI=1S/C14H14N2O3/c1-8(10-4-2-9(7-15)3-5-10)16-13(17)11-6-12(11)14(18)19/h2-5,8,11-12H,6H2,1H3,(H,16,17)(H,18,19)/t8?,11-,12+/m1/s1. The van der Waals surface area contributed by atoms with Gasteiger partial charge in [0, 0.05) is 0 Å². The van der Waals surface area contributed by atoms with E-state index in [0.717, 1.165) is 5.56 Å². The van der Waals surface area contributed by atoms with Crippen LogP contribution >= 0.6 is 0 Å². The highest BCUT2D eigenvalue weighted by molar-refractivity contribution is 5.89. The summed E-state index contributed by atoms with van der Waals surface area (Å²) < 4.78 is 0. The number of nitriles is 1. The first kappa shape index (κ1) is 13.1. The molecule has 5 nitrogen and oxygen atoms in total. The van der Waals surface area contributed by atoms with Gasteiger partial charge in [-0.15, -0.1) is 0 Å². The quantitative estimate of drug-likeness (QED) is 0.855. The molecule has 1 aliphatic rings. The van der Waals surface area contributed by atoms with Gasteiger partial charge in [0.1, 0.15) is 0 Å². The van der Waals surface area contributed by atoms with Crippen LogP contribution in [0.25, 0.3) is 0 Å². The molecule has 1 aliphatic carbocycles. The highest BCUT2D eigenvalue weighted by atomic mass is 16.4. The molecule has 2 N–H and O–H groups in total. The largest absolute Gasteiger partial charge is 0.481 e. The zero-order chi connectivity index (χ0) is 14.0. The first-order valence-corrected chi connectivity index (χ1v) is 6.06. The minimum absolute atomic E-state index is 0.199. The molecule has 0 saturated heterocycles. The van der Waals surface area contributed by atoms with E-state index in [1.165, 1.54) is 0 Å². The van der Waals surface area contributed by atoms with Crippen molar-refractivity contribution >= 4 is 11.9 Å². The highest BCUT2D eigenvalue weighted by Crippen LogP contribution is 2.39. The van der Waals surface area contributed by atoms with Crippen LogP contribution in [0, 0.1) is 23.2 Å². The SMILES string of the molecule is CC(NC(=O)[C@@H]1C[C@@H]1C(=O)O)c1ccc(C#N)cc1. The predicted molar refractivity (Wildman–Crippen MR) is 66.9 cm³/mol. The molecule has 0 spiro atoms. The van der Waals surface area contributed by atoms with Gasteiger partial charge < -0.3 is 10.4 Å². The number of aliphatic carboxylic acids is 1. The Morgan fingerprint density at radius 1 is 1.37 bits per heavy atom. The van der Waals surface area contributed by atoms with Crippen molar-refractivity contribution < 1.29 is 14.7 Å². The third-order valence-corrected chi connectivity index (χ3v) is 3.34. The third kappa shape index (κ3) is 2.91. The second kappa shape index (κ2) is 5.11. The Balaban J connectivity index is 1.94. The van der Waals surface area contributed by atoms with Crippen LogP contribution in [0.1, 0.15) is 30.5 Å². The van der Waals surface area contributed by atoms with Crippen LogP contribution in [0.4, 0.5) is 0 Å². The molecule has 0 aliphatic heterocycles. The Kier molecular flexibility index (Phi) is 3.52. The van der Waals surface area contributed by atoms with Gasteiger partial charge in [0.2, 0.25) is 5.91 Å². The Bertz CT molecular complexity index is 545. The van der Waals surface area contributed by atoms with Crippen LogP contribution in [0.15, 0.2) is 24.3 Å². The van der Waals surface area contributed by atoms with E-state index >= 15 is 0 Å². The molecule has 1 amide bonds. The summed E-state index contributed by atoms with van der Waals surface area (Å²) in [5.41, 5.74) is 1.45. The predicted octanol–water partition coefficient (Wildman–Crippen LogP) is 1.46. The number of carbonyl (C=O) groups excluding carboxylic acids is 1. The maximum Gasteiger partial charge on any atom is 0.307 e. The van der Waals surface area contributed by atoms with Gasteiger partial charge in [-0.1, -0.05) is 12.1 Å². The number of nitrogens with zero attached hydrogens (tertiary/aromatic N) is 1. The Labute approximate surface area is 110 Å². The molecule has 1 aromatic carbocycles. The molecule has 98 valence electrons. The number of hydrogen-bond donors (Lipinski definition) is 2. The van der Waals surface area contributed by atoms with Gasteiger partial charge in [-0.25, -0.2) is 0 Å². The molecular weight excluding hydrogens is 244 g/mol. The summed E-state index contributed by atoms with van der Waals surface area (Å²) in [7, 11) is 0. The van der Waals surface area contributed by atoms with E-state index < -0.39 is 17.8 Å². The van der Waals surface area contributed by atoms with Crippen molar-refractivity contribution in [3.63, 3.8) is 0 Å². The van der Waals surface area contributed by atoms with Crippen LogP contribution in [-0.2, 0) is 9.59 Å². The van der Waals surface area contributed by atoms with Gasteiger partial charge in [0.25, 0.3) is 0 Å². The number of hydrogen-bond acceptors (Lipinski definition) is 3. The molecule has 0 bridgehead atoms. The smallest absolute Gasteiger partial charge is 0.307 e. The van der Waals surface area contributed by atoms with E-state index in [1.807, 2.05) is 13.0 Å². The fourth-order valence-corrected chi connectivity index (χ4v) is 2.01. The third-order valence-electron chi connectivity index (χ3n) is 3.34. The first-order valence-electron chi connectivity index (χ1n) is 6.06. The fraction of sp³-hybridized carbons (Fsp3) is 0.357. The monoisotopic (exact) mass is 258 g/mol. The molecule has 0 radical (unpaired) electrons. The topological polar surface area (TPSA) is 90.2 Å². The van der Waals surface area contributed by atoms with E-state index in [0.29, 0.717) is 12.0 Å². The van der Waals surface area contributed by atoms with Crippen LogP contribution in [0.2, 0.25) is 0 Å². The van der Waals surface area contributed by atoms with Crippen molar-refractivity contribution in [1.82, 2.24) is 5.32 Å². The Morgan fingerprint density at radius 2 is 2.00 bits per heavy atom. The zero-order valence-electron chi connectivity index (χ0n) is 10.5. The van der Waals surface area contributed by atoms with Gasteiger partial charge >= 0.3 is 5.97 Å². The Morgan fingerprint density at radius 3 is 2.47 bits per heavy atom. The summed E-state index contributed by atoms with van der Waals surface area (Å²) in [5, 5.41) is 20.3. The lowest BCUT2D eigenvalue weighted by Crippen LogP contribution is -2.29. The maximum atomic E-state index is 11.8. The van der Waals surface area contributed by atoms with Gasteiger partial charge in [-0.3, -0.25) is 9.59 Å². The van der Waals surface area contributed by atoms with Crippen molar-refractivity contribution in [2.45, 2.75) is 19.4 Å². The van der Waals surface area contributed by atoms with Gasteiger partial charge in [-0.2, -0.15) is 5.26 Å². The van der Waals surface area contributed by atoms with E-state index in [1.54, 1.807) is 24.3 Å². The summed E-state index contributed by atoms with van der Waals surface area (Å²) >= 11 is 0. The summed E-state index contributed by atoms with van der Waals surface area (Å²) in [5.74, 6) is -2.07. The molecule has 1 saturated carbocycles. The summed E-state index contributed by atoms with van der Waals surface area (Å²) in [4.78, 5) is 22.5. The van der Waals surface area contributed by atoms with Crippen molar-refractivity contribution in [2.24, 2.45) is 11.8 Å². The molecular formula is C14H14N2O3. The molecule has 1 fully saturated rings. The number of carbonyl (C=O) groups is 2. The van der Waals surface area contributed by atoms with E-state index in [4.69, 9.17) is 10.4 Å². The number of amides is 1.